The molecule has 0 aliphatic heterocycles. The van der Waals surface area contributed by atoms with Crippen LogP contribution in [-0.4, -0.2) is 20.7 Å². The highest BCUT2D eigenvalue weighted by atomic mass is 16.5. The number of hydrogen-bond acceptors (Lipinski definition) is 5. The normalized spacial score (nSPS) is 11.8. The van der Waals surface area contributed by atoms with Crippen molar-refractivity contribution in [3.8, 4) is 0 Å². The van der Waals surface area contributed by atoms with Crippen LogP contribution in [0.1, 0.15) is 37.2 Å². The second-order valence-electron chi connectivity index (χ2n) is 5.88. The van der Waals surface area contributed by atoms with Crippen LogP contribution >= 0.6 is 0 Å². The van der Waals surface area contributed by atoms with Gasteiger partial charge in [-0.25, -0.2) is 4.79 Å². The number of pyridine rings is 1. The van der Waals surface area contributed by atoms with Gasteiger partial charge in [0.2, 0.25) is 5.89 Å². The Morgan fingerprint density at radius 2 is 1.96 bits per heavy atom. The predicted molar refractivity (Wildman–Crippen MR) is 100 cm³/mol. The average Bonchev–Trinajstić information content (AvgIpc) is 3.17. The average molecular weight is 367 g/mol. The zero-order valence-corrected chi connectivity index (χ0v) is 15.2. The number of benzene rings is 1. The first-order chi connectivity index (χ1) is 13.1. The molecule has 1 atom stereocenters. The summed E-state index contributed by atoms with van der Waals surface area (Å²) < 4.78 is 6.70. The van der Waals surface area contributed by atoms with Crippen molar-refractivity contribution < 1.29 is 9.32 Å². The highest BCUT2D eigenvalue weighted by Crippen LogP contribution is 2.20. The Morgan fingerprint density at radius 3 is 2.63 bits per heavy atom. The molecule has 2 heterocycles. The van der Waals surface area contributed by atoms with E-state index in [9.17, 15) is 9.59 Å². The van der Waals surface area contributed by atoms with E-state index >= 15 is 0 Å². The molecular weight excluding hydrogens is 346 g/mol. The maximum absolute atomic E-state index is 12.5. The number of carbonyl (C=O) groups is 1. The molecule has 140 valence electrons. The number of carbonyl (C=O) groups excluding carboxylic acids is 1. The first-order valence-corrected chi connectivity index (χ1v) is 8.76. The van der Waals surface area contributed by atoms with Crippen LogP contribution in [0.3, 0.4) is 0 Å². The number of aryl methyl sites for hydroxylation is 2. The third-order valence-corrected chi connectivity index (χ3v) is 4.03. The van der Waals surface area contributed by atoms with Gasteiger partial charge in [0, 0.05) is 25.2 Å². The van der Waals surface area contributed by atoms with E-state index in [1.807, 2.05) is 44.2 Å². The van der Waals surface area contributed by atoms with Crippen LogP contribution < -0.4 is 16.2 Å². The van der Waals surface area contributed by atoms with E-state index in [1.165, 1.54) is 10.6 Å². The van der Waals surface area contributed by atoms with Crippen molar-refractivity contribution in [1.82, 2.24) is 20.0 Å². The van der Waals surface area contributed by atoms with Gasteiger partial charge in [0.15, 0.2) is 5.82 Å². The van der Waals surface area contributed by atoms with E-state index in [2.05, 4.69) is 20.8 Å². The fourth-order valence-electron chi connectivity index (χ4n) is 2.62. The Balaban J connectivity index is 1.81. The van der Waals surface area contributed by atoms with Crippen molar-refractivity contribution in [2.45, 2.75) is 32.9 Å². The monoisotopic (exact) mass is 367 g/mol. The van der Waals surface area contributed by atoms with Gasteiger partial charge in [-0.1, -0.05) is 42.4 Å². The molecule has 2 N–H and O–H groups in total. The summed E-state index contributed by atoms with van der Waals surface area (Å²) in [7, 11) is 0. The number of anilines is 1. The number of amides is 2. The summed E-state index contributed by atoms with van der Waals surface area (Å²) in [4.78, 5) is 28.5. The lowest BCUT2D eigenvalue weighted by molar-refractivity contribution is 0.249. The zero-order chi connectivity index (χ0) is 19.2. The van der Waals surface area contributed by atoms with Crippen molar-refractivity contribution in [3.05, 3.63) is 76.3 Å². The fourth-order valence-corrected chi connectivity index (χ4v) is 2.62. The van der Waals surface area contributed by atoms with Crippen LogP contribution in [0, 0.1) is 0 Å². The molecule has 0 aliphatic rings. The van der Waals surface area contributed by atoms with Gasteiger partial charge in [-0.3, -0.25) is 4.79 Å². The first-order valence-electron chi connectivity index (χ1n) is 8.76. The lowest BCUT2D eigenvalue weighted by Crippen LogP contribution is -2.34. The molecule has 2 aromatic heterocycles. The molecule has 2 amide bonds. The van der Waals surface area contributed by atoms with E-state index in [0.29, 0.717) is 30.4 Å². The second-order valence-corrected chi connectivity index (χ2v) is 5.88. The van der Waals surface area contributed by atoms with Gasteiger partial charge in [-0.2, -0.15) is 4.98 Å². The number of nitrogens with zero attached hydrogens (tertiary/aromatic N) is 3. The predicted octanol–water partition coefficient (Wildman–Crippen LogP) is 2.72. The highest BCUT2D eigenvalue weighted by molar-refractivity contribution is 5.89. The quantitative estimate of drug-likeness (QED) is 0.697. The molecule has 0 radical (unpaired) electrons. The molecular formula is C19H21N5O3. The molecule has 0 saturated heterocycles. The summed E-state index contributed by atoms with van der Waals surface area (Å²) in [6.07, 6.45) is 2.21. The zero-order valence-electron chi connectivity index (χ0n) is 15.2. The molecule has 1 unspecified atom stereocenters. The van der Waals surface area contributed by atoms with E-state index < -0.39 is 12.1 Å². The molecule has 8 nitrogen and oxygen atoms in total. The third-order valence-electron chi connectivity index (χ3n) is 4.03. The van der Waals surface area contributed by atoms with E-state index in [-0.39, 0.29) is 5.56 Å². The summed E-state index contributed by atoms with van der Waals surface area (Å²) in [6.45, 7) is 4.29. The van der Waals surface area contributed by atoms with Crippen LogP contribution in [-0.2, 0) is 13.0 Å². The smallest absolute Gasteiger partial charge is 0.320 e. The van der Waals surface area contributed by atoms with Gasteiger partial charge in [0.25, 0.3) is 5.56 Å². The van der Waals surface area contributed by atoms with Crippen LogP contribution in [0.5, 0.6) is 0 Å². The van der Waals surface area contributed by atoms with Crippen LogP contribution in [0.2, 0.25) is 0 Å². The van der Waals surface area contributed by atoms with Gasteiger partial charge in [-0.05, 0) is 18.6 Å². The minimum atomic E-state index is -0.563. The van der Waals surface area contributed by atoms with Crippen LogP contribution in [0.15, 0.2) is 58.0 Å². The lowest BCUT2D eigenvalue weighted by atomic mass is 10.1. The number of aromatic nitrogens is 3. The number of rotatable bonds is 6. The van der Waals surface area contributed by atoms with Gasteiger partial charge in [0.1, 0.15) is 6.04 Å². The minimum Gasteiger partial charge on any atom is -0.339 e. The summed E-state index contributed by atoms with van der Waals surface area (Å²) in [5, 5.41) is 9.59. The molecule has 0 bridgehead atoms. The summed E-state index contributed by atoms with van der Waals surface area (Å²) >= 11 is 0. The van der Waals surface area contributed by atoms with Crippen molar-refractivity contribution >= 4 is 11.7 Å². The molecule has 27 heavy (non-hydrogen) atoms. The topological polar surface area (TPSA) is 102 Å². The van der Waals surface area contributed by atoms with Crippen molar-refractivity contribution in [2.75, 3.05) is 5.32 Å². The molecule has 0 saturated carbocycles. The molecule has 0 fully saturated rings. The van der Waals surface area contributed by atoms with Gasteiger partial charge >= 0.3 is 6.03 Å². The van der Waals surface area contributed by atoms with Gasteiger partial charge < -0.3 is 19.7 Å². The third kappa shape index (κ3) is 4.41. The Kier molecular flexibility index (Phi) is 5.65. The number of hydrogen-bond donors (Lipinski definition) is 2. The van der Waals surface area contributed by atoms with Gasteiger partial charge in [-0.15, -0.1) is 0 Å². The minimum absolute atomic E-state index is 0.121. The Labute approximate surface area is 156 Å². The largest absolute Gasteiger partial charge is 0.339 e. The molecule has 3 aromatic rings. The standard InChI is InChI=1S/C19H21N5O3/c1-3-15-21-18(23-27-15)17(13-8-6-5-7-9-13)22-19(26)20-14-10-11-16(25)24(4-2)12-14/h5-12,17H,3-4H2,1-2H3,(H2,20,22,26). The van der Waals surface area contributed by atoms with Gasteiger partial charge in [0.05, 0.1) is 5.69 Å². The second kappa shape index (κ2) is 8.31. The Morgan fingerprint density at radius 1 is 1.19 bits per heavy atom. The molecule has 0 spiro atoms. The highest BCUT2D eigenvalue weighted by Gasteiger charge is 2.22. The Bertz CT molecular complexity index is 965. The van der Waals surface area contributed by atoms with E-state index in [1.54, 1.807) is 12.3 Å². The Hall–Kier alpha value is -3.42. The number of nitrogens with one attached hydrogen (secondary N) is 2. The summed E-state index contributed by atoms with van der Waals surface area (Å²) in [6, 6.07) is 11.4. The fraction of sp³-hybridized carbons (Fsp3) is 0.263. The SMILES string of the molecule is CCc1nc(C(NC(=O)Nc2ccc(=O)n(CC)c2)c2ccccc2)no1. The molecule has 3 rings (SSSR count). The van der Waals surface area contributed by atoms with Crippen LogP contribution in [0.25, 0.3) is 0 Å². The van der Waals surface area contributed by atoms with E-state index in [0.717, 1.165) is 5.56 Å². The van der Waals surface area contributed by atoms with Crippen molar-refractivity contribution in [3.63, 3.8) is 0 Å². The van der Waals surface area contributed by atoms with E-state index in [4.69, 9.17) is 4.52 Å². The maximum atomic E-state index is 12.5. The molecule has 8 heteroatoms. The maximum Gasteiger partial charge on any atom is 0.320 e. The lowest BCUT2D eigenvalue weighted by Gasteiger charge is -2.16. The van der Waals surface area contributed by atoms with Crippen LogP contribution in [0.4, 0.5) is 10.5 Å². The summed E-state index contributed by atoms with van der Waals surface area (Å²) in [5.74, 6) is 0.884. The van der Waals surface area contributed by atoms with Crippen molar-refractivity contribution in [1.29, 1.82) is 0 Å². The molecule has 1 aromatic carbocycles. The first kappa shape index (κ1) is 18.4. The molecule has 0 aliphatic carbocycles. The van der Waals surface area contributed by atoms with Crippen molar-refractivity contribution in [2.24, 2.45) is 0 Å². The summed E-state index contributed by atoms with van der Waals surface area (Å²) in [5.41, 5.74) is 1.22. The number of urea groups is 1.